The van der Waals surface area contributed by atoms with Gasteiger partial charge in [-0.3, -0.25) is 4.79 Å². The van der Waals surface area contributed by atoms with E-state index in [1.165, 1.54) is 4.68 Å². The van der Waals surface area contributed by atoms with Crippen molar-refractivity contribution in [1.82, 2.24) is 14.9 Å². The van der Waals surface area contributed by atoms with Crippen LogP contribution in [-0.4, -0.2) is 37.0 Å². The fourth-order valence-corrected chi connectivity index (χ4v) is 2.54. The molecular weight excluding hydrogens is 260 g/mol. The molecule has 0 saturated heterocycles. The molecule has 1 rings (SSSR count). The van der Waals surface area contributed by atoms with Gasteiger partial charge in [0, 0.05) is 0 Å². The van der Waals surface area contributed by atoms with Crippen molar-refractivity contribution in [2.24, 2.45) is 0 Å². The molecule has 3 N–H and O–H groups in total. The number of carbonyl (C=O) groups is 1. The van der Waals surface area contributed by atoms with E-state index in [9.17, 15) is 4.79 Å². The largest absolute Gasteiger partial charge is 0.480 e. The quantitative estimate of drug-likeness (QED) is 0.439. The van der Waals surface area contributed by atoms with E-state index in [2.05, 4.69) is 17.1 Å². The Bertz CT molecular complexity index is 383. The maximum absolute atomic E-state index is 10.7. The van der Waals surface area contributed by atoms with Crippen molar-refractivity contribution in [2.45, 2.75) is 36.4 Å². The molecular formula is C9H16N4O2S2. The zero-order chi connectivity index (χ0) is 12.8. The molecule has 0 spiro atoms. The third-order valence-corrected chi connectivity index (χ3v) is 4.15. The maximum Gasteiger partial charge on any atom is 0.316 e. The Kier molecular flexibility index (Phi) is 5.63. The summed E-state index contributed by atoms with van der Waals surface area (Å²) in [7, 11) is 0. The second-order valence-corrected chi connectivity index (χ2v) is 5.83. The van der Waals surface area contributed by atoms with Crippen LogP contribution in [0.4, 0.5) is 0 Å². The molecule has 1 aromatic heterocycles. The highest BCUT2D eigenvalue weighted by atomic mass is 32.2. The molecule has 0 fully saturated rings. The summed E-state index contributed by atoms with van der Waals surface area (Å²) in [6.07, 6.45) is 1.10. The maximum atomic E-state index is 10.7. The van der Waals surface area contributed by atoms with Crippen LogP contribution in [-0.2, 0) is 10.5 Å². The van der Waals surface area contributed by atoms with Gasteiger partial charge in [-0.25, -0.2) is 4.68 Å². The molecule has 0 saturated carbocycles. The molecule has 6 nitrogen and oxygen atoms in total. The number of nitrogens with zero attached hydrogens (tertiary/aromatic N) is 3. The Morgan fingerprint density at radius 3 is 2.88 bits per heavy atom. The minimum absolute atomic E-state index is 0.437. The van der Waals surface area contributed by atoms with Crippen LogP contribution in [0.15, 0.2) is 5.16 Å². The predicted molar refractivity (Wildman–Crippen MR) is 69.6 cm³/mol. The van der Waals surface area contributed by atoms with Crippen LogP contribution in [0.1, 0.15) is 26.1 Å². The highest BCUT2D eigenvalue weighted by molar-refractivity contribution is 8.00. The number of nitrogens with two attached hydrogens (primary N) is 1. The lowest BCUT2D eigenvalue weighted by molar-refractivity contribution is -0.136. The van der Waals surface area contributed by atoms with Crippen molar-refractivity contribution < 1.29 is 9.90 Å². The first-order chi connectivity index (χ1) is 8.06. The van der Waals surface area contributed by atoms with Crippen LogP contribution in [0, 0.1) is 0 Å². The third-order valence-electron chi connectivity index (χ3n) is 1.94. The number of carboxylic acid groups (broad SMARTS) is 1. The van der Waals surface area contributed by atoms with Crippen molar-refractivity contribution >= 4 is 29.5 Å². The van der Waals surface area contributed by atoms with Crippen LogP contribution < -0.4 is 5.84 Å². The minimum Gasteiger partial charge on any atom is -0.480 e. The van der Waals surface area contributed by atoms with Crippen molar-refractivity contribution in [2.75, 3.05) is 11.6 Å². The molecule has 1 unspecified atom stereocenters. The summed E-state index contributed by atoms with van der Waals surface area (Å²) in [5, 5.41) is 16.5. The average molecular weight is 276 g/mol. The first-order valence-corrected chi connectivity index (χ1v) is 7.26. The summed E-state index contributed by atoms with van der Waals surface area (Å²) in [6.45, 7) is 3.70. The number of aromatic nitrogens is 3. The lowest BCUT2D eigenvalue weighted by Crippen LogP contribution is -2.17. The number of thioether (sulfide) groups is 2. The van der Waals surface area contributed by atoms with Gasteiger partial charge in [0.05, 0.1) is 5.75 Å². The third kappa shape index (κ3) is 4.12. The molecule has 0 amide bonds. The lowest BCUT2D eigenvalue weighted by atomic mass is 10.5. The van der Waals surface area contributed by atoms with Crippen LogP contribution in [0.3, 0.4) is 0 Å². The molecule has 0 aliphatic carbocycles. The van der Waals surface area contributed by atoms with Crippen molar-refractivity contribution in [3.63, 3.8) is 0 Å². The van der Waals surface area contributed by atoms with Gasteiger partial charge in [-0.2, -0.15) is 11.8 Å². The second kappa shape index (κ2) is 6.75. The van der Waals surface area contributed by atoms with Gasteiger partial charge in [0.25, 0.3) is 0 Å². The minimum atomic E-state index is -0.889. The van der Waals surface area contributed by atoms with Gasteiger partial charge in [-0.1, -0.05) is 18.7 Å². The SMILES string of the molecule is CCCSCc1nnc(SC(C)C(=O)O)n1N. The number of aliphatic carboxylic acids is 1. The molecule has 1 aromatic rings. The van der Waals surface area contributed by atoms with E-state index in [1.54, 1.807) is 18.7 Å². The van der Waals surface area contributed by atoms with Gasteiger partial charge in [0.15, 0.2) is 5.82 Å². The lowest BCUT2D eigenvalue weighted by Gasteiger charge is -2.05. The van der Waals surface area contributed by atoms with Crippen molar-refractivity contribution in [3.8, 4) is 0 Å². The smallest absolute Gasteiger partial charge is 0.316 e. The topological polar surface area (TPSA) is 94.0 Å². The molecule has 8 heteroatoms. The summed E-state index contributed by atoms with van der Waals surface area (Å²) >= 11 is 2.82. The van der Waals surface area contributed by atoms with Crippen LogP contribution in [0.5, 0.6) is 0 Å². The highest BCUT2D eigenvalue weighted by Crippen LogP contribution is 2.21. The Morgan fingerprint density at radius 1 is 1.59 bits per heavy atom. The number of rotatable bonds is 7. The van der Waals surface area contributed by atoms with Crippen molar-refractivity contribution in [3.05, 3.63) is 5.82 Å². The van der Waals surface area contributed by atoms with Gasteiger partial charge in [0.2, 0.25) is 5.16 Å². The fraction of sp³-hybridized carbons (Fsp3) is 0.667. The highest BCUT2D eigenvalue weighted by Gasteiger charge is 2.18. The van der Waals surface area contributed by atoms with Gasteiger partial charge in [0.1, 0.15) is 5.25 Å². The van der Waals surface area contributed by atoms with Gasteiger partial charge in [-0.15, -0.1) is 10.2 Å². The summed E-state index contributed by atoms with van der Waals surface area (Å²) in [4.78, 5) is 10.7. The normalized spacial score (nSPS) is 12.6. The first kappa shape index (κ1) is 14.2. The molecule has 0 bridgehead atoms. The summed E-state index contributed by atoms with van der Waals surface area (Å²) in [6, 6.07) is 0. The van der Waals surface area contributed by atoms with Gasteiger partial charge < -0.3 is 10.9 Å². The Morgan fingerprint density at radius 2 is 2.29 bits per heavy atom. The van der Waals surface area contributed by atoms with Crippen LogP contribution >= 0.6 is 23.5 Å². The van der Waals surface area contributed by atoms with E-state index in [4.69, 9.17) is 10.9 Å². The number of carboxylic acids is 1. The van der Waals surface area contributed by atoms with E-state index in [0.29, 0.717) is 16.7 Å². The second-order valence-electron chi connectivity index (χ2n) is 3.42. The number of hydrogen-bond donors (Lipinski definition) is 2. The van der Waals surface area contributed by atoms with E-state index in [-0.39, 0.29) is 0 Å². The van der Waals surface area contributed by atoms with E-state index < -0.39 is 11.2 Å². The summed E-state index contributed by atoms with van der Waals surface area (Å²) < 4.78 is 1.37. The number of hydrogen-bond acceptors (Lipinski definition) is 6. The fourth-order valence-electron chi connectivity index (χ4n) is 1.00. The van der Waals surface area contributed by atoms with E-state index in [0.717, 1.165) is 23.9 Å². The zero-order valence-corrected chi connectivity index (χ0v) is 11.4. The number of nitrogen functional groups attached to an aromatic ring is 1. The van der Waals surface area contributed by atoms with Gasteiger partial charge in [-0.05, 0) is 19.1 Å². The monoisotopic (exact) mass is 276 g/mol. The van der Waals surface area contributed by atoms with E-state index in [1.807, 2.05) is 0 Å². The predicted octanol–water partition coefficient (Wildman–Crippen LogP) is 1.20. The molecule has 0 aliphatic rings. The Labute approximate surface area is 108 Å². The molecule has 17 heavy (non-hydrogen) atoms. The molecule has 96 valence electrons. The summed E-state index contributed by atoms with van der Waals surface area (Å²) in [5.74, 6) is 7.32. The Hall–Kier alpha value is -0.890. The van der Waals surface area contributed by atoms with Crippen LogP contribution in [0.25, 0.3) is 0 Å². The standard InChI is InChI=1S/C9H16N4O2S2/c1-3-4-16-5-7-11-12-9(13(7)10)17-6(2)8(14)15/h6H,3-5,10H2,1-2H3,(H,14,15). The Balaban J connectivity index is 2.60. The van der Waals surface area contributed by atoms with E-state index >= 15 is 0 Å². The molecule has 1 atom stereocenters. The van der Waals surface area contributed by atoms with Crippen LogP contribution in [0.2, 0.25) is 0 Å². The van der Waals surface area contributed by atoms with Crippen molar-refractivity contribution in [1.29, 1.82) is 0 Å². The zero-order valence-electron chi connectivity index (χ0n) is 9.79. The molecule has 0 aliphatic heterocycles. The summed E-state index contributed by atoms with van der Waals surface area (Å²) in [5.41, 5.74) is 0. The molecule has 1 heterocycles. The van der Waals surface area contributed by atoms with Gasteiger partial charge >= 0.3 is 5.97 Å². The first-order valence-electron chi connectivity index (χ1n) is 5.22. The average Bonchev–Trinajstić information content (AvgIpc) is 2.61. The molecule has 0 radical (unpaired) electrons. The molecule has 0 aromatic carbocycles.